The monoisotopic (exact) mass is 479 g/mol. The fraction of sp³-hybridized carbons (Fsp3) is 0.458. The lowest BCUT2D eigenvalue weighted by Crippen LogP contribution is -2.13. The van der Waals surface area contributed by atoms with E-state index in [2.05, 4.69) is 6.92 Å². The summed E-state index contributed by atoms with van der Waals surface area (Å²) in [6.07, 6.45) is 9.56. The molecule has 0 aliphatic heterocycles. The number of carboxylic acids is 1. The van der Waals surface area contributed by atoms with Gasteiger partial charge in [0, 0.05) is 6.07 Å². The molecule has 182 valence electrons. The number of hydrogen-bond acceptors (Lipinski definition) is 6. The zero-order valence-electron chi connectivity index (χ0n) is 19.0. The maximum Gasteiger partial charge on any atom is 0.339 e. The highest BCUT2D eigenvalue weighted by atomic mass is 32.2. The number of nitrogens with two attached hydrogens (primary N) is 1. The molecule has 0 saturated carbocycles. The smallest absolute Gasteiger partial charge is 0.339 e. The van der Waals surface area contributed by atoms with Gasteiger partial charge in [-0.3, -0.25) is 0 Å². The van der Waals surface area contributed by atoms with E-state index in [0.29, 0.717) is 17.9 Å². The Labute approximate surface area is 195 Å². The Morgan fingerprint density at radius 1 is 0.939 bits per heavy atom. The van der Waals surface area contributed by atoms with Crippen LogP contribution in [0.15, 0.2) is 41.3 Å². The third kappa shape index (κ3) is 9.31. The number of benzene rings is 2. The molecule has 2 aromatic rings. The number of rotatable bonds is 15. The van der Waals surface area contributed by atoms with E-state index in [4.69, 9.17) is 14.6 Å². The number of ether oxygens (including phenoxy) is 2. The lowest BCUT2D eigenvalue weighted by Gasteiger charge is -2.12. The van der Waals surface area contributed by atoms with Gasteiger partial charge in [0.2, 0.25) is 10.0 Å². The van der Waals surface area contributed by atoms with Crippen LogP contribution in [0.3, 0.4) is 0 Å². The summed E-state index contributed by atoms with van der Waals surface area (Å²) in [6.45, 7) is 2.70. The molecule has 0 radical (unpaired) electrons. The normalized spacial score (nSPS) is 11.3. The molecule has 0 aliphatic carbocycles. The summed E-state index contributed by atoms with van der Waals surface area (Å²) < 4.78 is 34.3. The second kappa shape index (κ2) is 13.1. The third-order valence-corrected chi connectivity index (χ3v) is 6.03. The lowest BCUT2D eigenvalue weighted by molar-refractivity contribution is 0.0691. The second-order valence-corrected chi connectivity index (χ2v) is 9.52. The van der Waals surface area contributed by atoms with Gasteiger partial charge in [-0.25, -0.2) is 18.4 Å². The Morgan fingerprint density at radius 2 is 1.61 bits per heavy atom. The van der Waals surface area contributed by atoms with Gasteiger partial charge in [-0.2, -0.15) is 0 Å². The molecular formula is C24H33NO7S. The number of aromatic hydroxyl groups is 1. The quantitative estimate of drug-likeness (QED) is 0.311. The SMILES string of the molecule is CCCCCCCCCCOc1cc(O)cc(COc2ccc(S(N)(=O)=O)cc2C(=O)O)c1. The van der Waals surface area contributed by atoms with E-state index >= 15 is 0 Å². The maximum absolute atomic E-state index is 11.5. The first-order valence-electron chi connectivity index (χ1n) is 11.2. The molecule has 0 bridgehead atoms. The number of carboxylic acid groups (broad SMARTS) is 1. The van der Waals surface area contributed by atoms with Gasteiger partial charge in [-0.15, -0.1) is 0 Å². The van der Waals surface area contributed by atoms with Crippen LogP contribution < -0.4 is 14.6 Å². The Hall–Kier alpha value is -2.78. The van der Waals surface area contributed by atoms with Crippen molar-refractivity contribution in [1.82, 2.24) is 0 Å². The third-order valence-electron chi connectivity index (χ3n) is 5.12. The number of hydrogen-bond donors (Lipinski definition) is 3. The van der Waals surface area contributed by atoms with Crippen molar-refractivity contribution in [2.24, 2.45) is 5.14 Å². The Morgan fingerprint density at radius 3 is 2.24 bits per heavy atom. The van der Waals surface area contributed by atoms with Gasteiger partial charge in [0.1, 0.15) is 29.4 Å². The molecule has 0 atom stereocenters. The van der Waals surface area contributed by atoms with Gasteiger partial charge in [0.15, 0.2) is 0 Å². The van der Waals surface area contributed by atoms with Crippen molar-refractivity contribution in [3.05, 3.63) is 47.5 Å². The van der Waals surface area contributed by atoms with E-state index in [-0.39, 0.29) is 28.6 Å². The molecule has 2 aromatic carbocycles. The number of aromatic carboxylic acids is 1. The average molecular weight is 480 g/mol. The number of unbranched alkanes of at least 4 members (excludes halogenated alkanes) is 7. The van der Waals surface area contributed by atoms with Crippen LogP contribution in [0.5, 0.6) is 17.2 Å². The Kier molecular flexibility index (Phi) is 10.5. The largest absolute Gasteiger partial charge is 0.508 e. The Balaban J connectivity index is 1.90. The summed E-state index contributed by atoms with van der Waals surface area (Å²) >= 11 is 0. The number of carbonyl (C=O) groups is 1. The van der Waals surface area contributed by atoms with Crippen LogP contribution in [-0.4, -0.2) is 31.2 Å². The van der Waals surface area contributed by atoms with E-state index < -0.39 is 16.0 Å². The molecule has 0 unspecified atom stereocenters. The van der Waals surface area contributed by atoms with Crippen LogP contribution >= 0.6 is 0 Å². The van der Waals surface area contributed by atoms with Crippen molar-refractivity contribution >= 4 is 16.0 Å². The molecule has 8 nitrogen and oxygen atoms in total. The Bertz CT molecular complexity index is 1020. The molecule has 0 aliphatic rings. The van der Waals surface area contributed by atoms with Gasteiger partial charge < -0.3 is 19.7 Å². The van der Waals surface area contributed by atoms with E-state index in [9.17, 15) is 23.4 Å². The van der Waals surface area contributed by atoms with Crippen molar-refractivity contribution in [3.8, 4) is 17.2 Å². The standard InChI is InChI=1S/C24H33NO7S/c1-2-3-4-5-6-7-8-9-12-31-20-14-18(13-19(26)15-20)17-32-23-11-10-21(33(25,29)30)16-22(23)24(27)28/h10-11,13-16,26H,2-9,12,17H2,1H3,(H,27,28)(H2,25,29,30). The van der Waals surface area contributed by atoms with E-state index in [1.165, 1.54) is 62.8 Å². The molecule has 33 heavy (non-hydrogen) atoms. The highest BCUT2D eigenvalue weighted by Crippen LogP contribution is 2.26. The molecule has 0 spiro atoms. The predicted molar refractivity (Wildman–Crippen MR) is 125 cm³/mol. The van der Waals surface area contributed by atoms with Crippen LogP contribution in [-0.2, 0) is 16.6 Å². The van der Waals surface area contributed by atoms with E-state index in [1.807, 2.05) is 0 Å². The summed E-state index contributed by atoms with van der Waals surface area (Å²) in [7, 11) is -4.04. The number of phenols is 1. The van der Waals surface area contributed by atoms with E-state index in [1.54, 1.807) is 6.07 Å². The van der Waals surface area contributed by atoms with Crippen LogP contribution in [0.25, 0.3) is 0 Å². The van der Waals surface area contributed by atoms with Crippen LogP contribution in [0.4, 0.5) is 0 Å². The summed E-state index contributed by atoms with van der Waals surface area (Å²) in [5.74, 6) is -0.856. The molecule has 0 fully saturated rings. The minimum atomic E-state index is -4.04. The number of primary sulfonamides is 1. The van der Waals surface area contributed by atoms with Crippen molar-refractivity contribution in [2.75, 3.05) is 6.61 Å². The zero-order chi connectivity index (χ0) is 24.3. The van der Waals surface area contributed by atoms with Gasteiger partial charge in [0.25, 0.3) is 0 Å². The highest BCUT2D eigenvalue weighted by molar-refractivity contribution is 7.89. The second-order valence-electron chi connectivity index (χ2n) is 7.96. The molecule has 0 aromatic heterocycles. The van der Waals surface area contributed by atoms with Gasteiger partial charge in [-0.05, 0) is 42.3 Å². The minimum absolute atomic E-state index is 0.00468. The summed E-state index contributed by atoms with van der Waals surface area (Å²) in [5, 5.41) is 24.4. The van der Waals surface area contributed by atoms with E-state index in [0.717, 1.165) is 18.9 Å². The van der Waals surface area contributed by atoms with Crippen molar-refractivity contribution < 1.29 is 32.9 Å². The molecule has 2 rings (SSSR count). The molecule has 0 amide bonds. The summed E-state index contributed by atoms with van der Waals surface area (Å²) in [6, 6.07) is 8.08. The maximum atomic E-state index is 11.5. The molecule has 9 heteroatoms. The molecule has 0 heterocycles. The fourth-order valence-corrected chi connectivity index (χ4v) is 3.92. The van der Waals surface area contributed by atoms with Gasteiger partial charge in [-0.1, -0.05) is 51.9 Å². The summed E-state index contributed by atoms with van der Waals surface area (Å²) in [4.78, 5) is 11.2. The van der Waals surface area contributed by atoms with Crippen molar-refractivity contribution in [1.29, 1.82) is 0 Å². The van der Waals surface area contributed by atoms with Gasteiger partial charge >= 0.3 is 5.97 Å². The summed E-state index contributed by atoms with van der Waals surface area (Å²) in [5.41, 5.74) is 0.251. The number of sulfonamides is 1. The average Bonchev–Trinajstić information content (AvgIpc) is 2.75. The van der Waals surface area contributed by atoms with Gasteiger partial charge in [0.05, 0.1) is 11.5 Å². The van der Waals surface area contributed by atoms with Crippen LogP contribution in [0, 0.1) is 0 Å². The highest BCUT2D eigenvalue weighted by Gasteiger charge is 2.17. The predicted octanol–water partition coefficient (Wildman–Crippen LogP) is 4.84. The molecular weight excluding hydrogens is 446 g/mol. The number of phenolic OH excluding ortho intramolecular Hbond substituents is 1. The molecule has 4 N–H and O–H groups in total. The minimum Gasteiger partial charge on any atom is -0.508 e. The first-order chi connectivity index (χ1) is 15.7. The van der Waals surface area contributed by atoms with Crippen molar-refractivity contribution in [2.45, 2.75) is 69.8 Å². The van der Waals surface area contributed by atoms with Crippen molar-refractivity contribution in [3.63, 3.8) is 0 Å². The topological polar surface area (TPSA) is 136 Å². The van der Waals surface area contributed by atoms with Crippen LogP contribution in [0.1, 0.15) is 74.2 Å². The van der Waals surface area contributed by atoms with Crippen LogP contribution in [0.2, 0.25) is 0 Å². The lowest BCUT2D eigenvalue weighted by atomic mass is 10.1. The zero-order valence-corrected chi connectivity index (χ0v) is 19.8. The fourth-order valence-electron chi connectivity index (χ4n) is 3.38. The first-order valence-corrected chi connectivity index (χ1v) is 12.7. The first kappa shape index (κ1) is 26.5. The molecule has 0 saturated heterocycles.